The maximum atomic E-state index is 12.0. The summed E-state index contributed by atoms with van der Waals surface area (Å²) in [4.78, 5) is 16.5. The molecular weight excluding hydrogens is 378 g/mol. The van der Waals surface area contributed by atoms with E-state index in [0.717, 1.165) is 31.4 Å². The number of aromatic amines is 1. The number of aromatic nitrogens is 3. The lowest BCUT2D eigenvalue weighted by atomic mass is 10.1. The lowest BCUT2D eigenvalue weighted by molar-refractivity contribution is -0.118. The highest BCUT2D eigenvalue weighted by atomic mass is 32.2. The standard InChI is InChI=1S/C19H15N5OS2/c25-17(12-26-19-22-15-8-4-5-9-16(15)27-19)23-20-10-14-11-21-24-18(14)13-6-2-1-3-7-13/h1-11H,12H2,(H,21,24)(H,23,25)/b20-10+. The van der Waals surface area contributed by atoms with E-state index >= 15 is 0 Å². The number of benzene rings is 2. The maximum Gasteiger partial charge on any atom is 0.250 e. The van der Waals surface area contributed by atoms with E-state index in [1.807, 2.05) is 54.6 Å². The van der Waals surface area contributed by atoms with Gasteiger partial charge in [0.25, 0.3) is 5.91 Å². The van der Waals surface area contributed by atoms with E-state index in [1.165, 1.54) is 11.8 Å². The van der Waals surface area contributed by atoms with Gasteiger partial charge in [0.2, 0.25) is 0 Å². The van der Waals surface area contributed by atoms with Crippen molar-refractivity contribution in [3.63, 3.8) is 0 Å². The Kier molecular flexibility index (Phi) is 5.27. The Labute approximate surface area is 163 Å². The largest absolute Gasteiger partial charge is 0.277 e. The second kappa shape index (κ2) is 8.15. The van der Waals surface area contributed by atoms with E-state index in [4.69, 9.17) is 0 Å². The Morgan fingerprint density at radius 3 is 2.85 bits per heavy atom. The van der Waals surface area contributed by atoms with Gasteiger partial charge in [0.1, 0.15) is 0 Å². The Balaban J connectivity index is 1.34. The fraction of sp³-hybridized carbons (Fsp3) is 0.0526. The van der Waals surface area contributed by atoms with Gasteiger partial charge in [-0.15, -0.1) is 11.3 Å². The number of carbonyl (C=O) groups is 1. The van der Waals surface area contributed by atoms with Gasteiger partial charge in [0.05, 0.1) is 34.1 Å². The van der Waals surface area contributed by atoms with Gasteiger partial charge in [-0.2, -0.15) is 10.2 Å². The predicted molar refractivity (Wildman–Crippen MR) is 110 cm³/mol. The number of nitrogens with zero attached hydrogens (tertiary/aromatic N) is 3. The molecule has 0 unspecified atom stereocenters. The first kappa shape index (κ1) is 17.4. The lowest BCUT2D eigenvalue weighted by Crippen LogP contribution is -2.19. The van der Waals surface area contributed by atoms with Crippen LogP contribution in [-0.4, -0.2) is 33.1 Å². The highest BCUT2D eigenvalue weighted by Crippen LogP contribution is 2.29. The van der Waals surface area contributed by atoms with Crippen molar-refractivity contribution in [2.24, 2.45) is 5.10 Å². The number of rotatable bonds is 6. The number of fused-ring (bicyclic) bond motifs is 1. The minimum atomic E-state index is -0.180. The quantitative estimate of drug-likeness (QED) is 0.295. The van der Waals surface area contributed by atoms with Crippen LogP contribution in [0.1, 0.15) is 5.56 Å². The molecule has 27 heavy (non-hydrogen) atoms. The van der Waals surface area contributed by atoms with Crippen LogP contribution in [0, 0.1) is 0 Å². The van der Waals surface area contributed by atoms with E-state index in [2.05, 4.69) is 25.7 Å². The molecule has 0 radical (unpaired) electrons. The second-order valence-electron chi connectivity index (χ2n) is 5.60. The number of thiazole rings is 1. The minimum Gasteiger partial charge on any atom is -0.277 e. The first-order valence-corrected chi connectivity index (χ1v) is 9.99. The topological polar surface area (TPSA) is 83.0 Å². The van der Waals surface area contributed by atoms with Crippen LogP contribution >= 0.6 is 23.1 Å². The molecule has 0 aliphatic heterocycles. The van der Waals surface area contributed by atoms with Crippen molar-refractivity contribution < 1.29 is 4.79 Å². The number of thioether (sulfide) groups is 1. The fourth-order valence-electron chi connectivity index (χ4n) is 2.48. The summed E-state index contributed by atoms with van der Waals surface area (Å²) in [6.45, 7) is 0. The number of amides is 1. The maximum absolute atomic E-state index is 12.0. The van der Waals surface area contributed by atoms with Gasteiger partial charge < -0.3 is 0 Å². The smallest absolute Gasteiger partial charge is 0.250 e. The number of para-hydroxylation sites is 1. The van der Waals surface area contributed by atoms with Crippen LogP contribution in [0.25, 0.3) is 21.5 Å². The third-order valence-corrected chi connectivity index (χ3v) is 5.90. The number of nitrogens with one attached hydrogen (secondary N) is 2. The molecule has 4 aromatic rings. The lowest BCUT2D eigenvalue weighted by Gasteiger charge is -1.99. The molecule has 0 atom stereocenters. The second-order valence-corrected chi connectivity index (χ2v) is 7.85. The fourth-order valence-corrected chi connectivity index (χ4v) is 4.34. The van der Waals surface area contributed by atoms with Crippen molar-refractivity contribution in [3.8, 4) is 11.3 Å². The molecule has 2 N–H and O–H groups in total. The van der Waals surface area contributed by atoms with Gasteiger partial charge in [0.15, 0.2) is 4.34 Å². The zero-order valence-electron chi connectivity index (χ0n) is 14.1. The zero-order valence-corrected chi connectivity index (χ0v) is 15.8. The molecule has 1 amide bonds. The molecule has 0 bridgehead atoms. The van der Waals surface area contributed by atoms with Gasteiger partial charge in [0, 0.05) is 11.1 Å². The molecule has 8 heteroatoms. The van der Waals surface area contributed by atoms with Gasteiger partial charge in [-0.3, -0.25) is 9.89 Å². The number of hydrogen-bond donors (Lipinski definition) is 2. The van der Waals surface area contributed by atoms with Crippen molar-refractivity contribution in [1.29, 1.82) is 0 Å². The highest BCUT2D eigenvalue weighted by molar-refractivity contribution is 8.01. The molecule has 0 aliphatic carbocycles. The summed E-state index contributed by atoms with van der Waals surface area (Å²) in [5.41, 5.74) is 6.18. The molecule has 4 rings (SSSR count). The van der Waals surface area contributed by atoms with Crippen molar-refractivity contribution in [2.45, 2.75) is 4.34 Å². The average Bonchev–Trinajstić information content (AvgIpc) is 3.33. The Morgan fingerprint density at radius 2 is 2.00 bits per heavy atom. The summed E-state index contributed by atoms with van der Waals surface area (Å²) in [7, 11) is 0. The predicted octanol–water partition coefficient (Wildman–Crippen LogP) is 3.93. The van der Waals surface area contributed by atoms with Gasteiger partial charge in [-0.25, -0.2) is 10.4 Å². The summed E-state index contributed by atoms with van der Waals surface area (Å²) in [6, 6.07) is 17.8. The summed E-state index contributed by atoms with van der Waals surface area (Å²) >= 11 is 2.99. The van der Waals surface area contributed by atoms with Crippen LogP contribution < -0.4 is 5.43 Å². The summed E-state index contributed by atoms with van der Waals surface area (Å²) in [5, 5.41) is 11.0. The van der Waals surface area contributed by atoms with Gasteiger partial charge in [-0.1, -0.05) is 54.2 Å². The minimum absolute atomic E-state index is 0.180. The summed E-state index contributed by atoms with van der Waals surface area (Å²) < 4.78 is 1.99. The SMILES string of the molecule is O=C(CSc1nc2ccccc2s1)N/N=C/c1cn[nH]c1-c1ccccc1. The van der Waals surface area contributed by atoms with Crippen molar-refractivity contribution in [2.75, 3.05) is 5.75 Å². The first-order chi connectivity index (χ1) is 13.3. The molecule has 2 heterocycles. The van der Waals surface area contributed by atoms with Gasteiger partial charge >= 0.3 is 0 Å². The molecule has 2 aromatic carbocycles. The number of H-pyrrole nitrogens is 1. The Morgan fingerprint density at radius 1 is 1.19 bits per heavy atom. The van der Waals surface area contributed by atoms with Crippen molar-refractivity contribution in [1.82, 2.24) is 20.6 Å². The van der Waals surface area contributed by atoms with Crippen LogP contribution in [-0.2, 0) is 4.79 Å². The normalized spacial score (nSPS) is 11.3. The molecule has 0 fully saturated rings. The monoisotopic (exact) mass is 393 g/mol. The molecule has 2 aromatic heterocycles. The van der Waals surface area contributed by atoms with E-state index in [9.17, 15) is 4.79 Å². The highest BCUT2D eigenvalue weighted by Gasteiger charge is 2.08. The van der Waals surface area contributed by atoms with Crippen LogP contribution in [0.15, 0.2) is 70.2 Å². The van der Waals surface area contributed by atoms with Crippen LogP contribution in [0.2, 0.25) is 0 Å². The van der Waals surface area contributed by atoms with E-state index < -0.39 is 0 Å². The third-order valence-electron chi connectivity index (χ3n) is 3.73. The van der Waals surface area contributed by atoms with Crippen LogP contribution in [0.4, 0.5) is 0 Å². The molecule has 0 aliphatic rings. The molecule has 134 valence electrons. The average molecular weight is 393 g/mol. The Bertz CT molecular complexity index is 1050. The zero-order chi connectivity index (χ0) is 18.5. The molecule has 0 spiro atoms. The number of hydrazone groups is 1. The van der Waals surface area contributed by atoms with E-state index in [1.54, 1.807) is 23.7 Å². The van der Waals surface area contributed by atoms with Crippen molar-refractivity contribution >= 4 is 45.4 Å². The summed E-state index contributed by atoms with van der Waals surface area (Å²) in [5.74, 6) is 0.0777. The number of carbonyl (C=O) groups excluding carboxylic acids is 1. The molecule has 0 saturated carbocycles. The van der Waals surface area contributed by atoms with E-state index in [0.29, 0.717) is 0 Å². The number of hydrogen-bond acceptors (Lipinski definition) is 6. The third kappa shape index (κ3) is 4.24. The van der Waals surface area contributed by atoms with Crippen LogP contribution in [0.5, 0.6) is 0 Å². The van der Waals surface area contributed by atoms with Crippen molar-refractivity contribution in [3.05, 3.63) is 66.4 Å². The van der Waals surface area contributed by atoms with Crippen LogP contribution in [0.3, 0.4) is 0 Å². The first-order valence-electron chi connectivity index (χ1n) is 8.18. The Hall–Kier alpha value is -2.97. The molecule has 0 saturated heterocycles. The van der Waals surface area contributed by atoms with Gasteiger partial charge in [-0.05, 0) is 12.1 Å². The summed E-state index contributed by atoms with van der Waals surface area (Å²) in [6.07, 6.45) is 3.26. The molecular formula is C19H15N5OS2. The van der Waals surface area contributed by atoms with E-state index in [-0.39, 0.29) is 11.7 Å². The molecule has 6 nitrogen and oxygen atoms in total.